The summed E-state index contributed by atoms with van der Waals surface area (Å²) in [5, 5.41) is 9.02. The molecule has 0 aliphatic rings. The van der Waals surface area contributed by atoms with Crippen molar-refractivity contribution in [2.75, 3.05) is 0 Å². The first-order valence-corrected chi connectivity index (χ1v) is 4.95. The Labute approximate surface area is 85.6 Å². The molecular formula is C12H16N2. The SMILES string of the molecule is Cc1ccc([C@@H](C#N)CC(C)C)cn1. The number of nitriles is 1. The molecule has 0 N–H and O–H groups in total. The van der Waals surface area contributed by atoms with Gasteiger partial charge in [0.25, 0.3) is 0 Å². The van der Waals surface area contributed by atoms with Crippen LogP contribution < -0.4 is 0 Å². The largest absolute Gasteiger partial charge is 0.261 e. The van der Waals surface area contributed by atoms with Gasteiger partial charge in [-0.25, -0.2) is 0 Å². The van der Waals surface area contributed by atoms with Crippen molar-refractivity contribution in [1.29, 1.82) is 5.26 Å². The lowest BCUT2D eigenvalue weighted by Gasteiger charge is -2.11. The van der Waals surface area contributed by atoms with E-state index >= 15 is 0 Å². The summed E-state index contributed by atoms with van der Waals surface area (Å²) < 4.78 is 0. The highest BCUT2D eigenvalue weighted by Gasteiger charge is 2.12. The van der Waals surface area contributed by atoms with Gasteiger partial charge in [0.05, 0.1) is 12.0 Å². The van der Waals surface area contributed by atoms with Crippen LogP contribution in [0.15, 0.2) is 18.3 Å². The third kappa shape index (κ3) is 2.85. The molecule has 1 atom stereocenters. The van der Waals surface area contributed by atoms with Gasteiger partial charge in [-0.2, -0.15) is 5.26 Å². The maximum absolute atomic E-state index is 9.02. The fraction of sp³-hybridized carbons (Fsp3) is 0.500. The first-order valence-electron chi connectivity index (χ1n) is 4.95. The molecule has 2 heteroatoms. The van der Waals surface area contributed by atoms with E-state index in [2.05, 4.69) is 24.9 Å². The third-order valence-electron chi connectivity index (χ3n) is 2.20. The van der Waals surface area contributed by atoms with Crippen molar-refractivity contribution < 1.29 is 0 Å². The number of nitrogens with zero attached hydrogens (tertiary/aromatic N) is 2. The second-order valence-corrected chi connectivity index (χ2v) is 4.04. The van der Waals surface area contributed by atoms with Gasteiger partial charge >= 0.3 is 0 Å². The van der Waals surface area contributed by atoms with Crippen LogP contribution in [-0.4, -0.2) is 4.98 Å². The highest BCUT2D eigenvalue weighted by molar-refractivity contribution is 5.23. The summed E-state index contributed by atoms with van der Waals surface area (Å²) in [6.07, 6.45) is 2.72. The molecule has 0 saturated heterocycles. The Kier molecular flexibility index (Phi) is 3.64. The van der Waals surface area contributed by atoms with Crippen molar-refractivity contribution in [3.05, 3.63) is 29.6 Å². The lowest BCUT2D eigenvalue weighted by Crippen LogP contribution is -2.01. The number of pyridine rings is 1. The Bertz CT molecular complexity index is 319. The van der Waals surface area contributed by atoms with E-state index in [1.54, 1.807) is 0 Å². The van der Waals surface area contributed by atoms with Crippen LogP contribution in [0.4, 0.5) is 0 Å². The van der Waals surface area contributed by atoms with Crippen LogP contribution in [-0.2, 0) is 0 Å². The number of hydrogen-bond donors (Lipinski definition) is 0. The highest BCUT2D eigenvalue weighted by Crippen LogP contribution is 2.22. The molecule has 2 nitrogen and oxygen atoms in total. The van der Waals surface area contributed by atoms with E-state index in [1.807, 2.05) is 25.3 Å². The summed E-state index contributed by atoms with van der Waals surface area (Å²) in [6.45, 7) is 6.21. The molecule has 0 aromatic carbocycles. The van der Waals surface area contributed by atoms with E-state index in [9.17, 15) is 0 Å². The molecule has 0 aliphatic heterocycles. The van der Waals surface area contributed by atoms with Crippen LogP contribution in [0.1, 0.15) is 37.4 Å². The van der Waals surface area contributed by atoms with Crippen molar-refractivity contribution in [3.63, 3.8) is 0 Å². The molecule has 0 fully saturated rings. The average molecular weight is 188 g/mol. The Balaban J connectivity index is 2.80. The zero-order valence-electron chi connectivity index (χ0n) is 8.99. The molecule has 1 aromatic heterocycles. The number of aromatic nitrogens is 1. The second-order valence-electron chi connectivity index (χ2n) is 4.04. The normalized spacial score (nSPS) is 12.5. The number of rotatable bonds is 3. The molecule has 0 spiro atoms. The topological polar surface area (TPSA) is 36.7 Å². The summed E-state index contributed by atoms with van der Waals surface area (Å²) in [5.41, 5.74) is 2.03. The van der Waals surface area contributed by atoms with Crippen LogP contribution in [0.2, 0.25) is 0 Å². The number of aryl methyl sites for hydroxylation is 1. The van der Waals surface area contributed by atoms with Gasteiger partial charge in [0.2, 0.25) is 0 Å². The van der Waals surface area contributed by atoms with Crippen LogP contribution in [0, 0.1) is 24.2 Å². The highest BCUT2D eigenvalue weighted by atomic mass is 14.7. The van der Waals surface area contributed by atoms with Gasteiger partial charge in [0, 0.05) is 11.9 Å². The van der Waals surface area contributed by atoms with Crippen molar-refractivity contribution >= 4 is 0 Å². The zero-order valence-corrected chi connectivity index (χ0v) is 8.99. The van der Waals surface area contributed by atoms with Crippen LogP contribution in [0.3, 0.4) is 0 Å². The fourth-order valence-electron chi connectivity index (χ4n) is 1.42. The van der Waals surface area contributed by atoms with Gasteiger partial charge in [-0.05, 0) is 30.9 Å². The first kappa shape index (κ1) is 10.7. The Morgan fingerprint density at radius 1 is 1.43 bits per heavy atom. The summed E-state index contributed by atoms with van der Waals surface area (Å²) in [7, 11) is 0. The van der Waals surface area contributed by atoms with Crippen LogP contribution in [0.5, 0.6) is 0 Å². The molecule has 0 unspecified atom stereocenters. The number of hydrogen-bond acceptors (Lipinski definition) is 2. The Morgan fingerprint density at radius 3 is 2.57 bits per heavy atom. The van der Waals surface area contributed by atoms with Crippen molar-refractivity contribution in [3.8, 4) is 6.07 Å². The van der Waals surface area contributed by atoms with E-state index in [4.69, 9.17) is 5.26 Å². The third-order valence-corrected chi connectivity index (χ3v) is 2.20. The second kappa shape index (κ2) is 4.76. The summed E-state index contributed by atoms with van der Waals surface area (Å²) >= 11 is 0. The van der Waals surface area contributed by atoms with Crippen molar-refractivity contribution in [2.45, 2.75) is 33.1 Å². The summed E-state index contributed by atoms with van der Waals surface area (Å²) in [4.78, 5) is 4.20. The predicted molar refractivity (Wildman–Crippen MR) is 56.8 cm³/mol. The summed E-state index contributed by atoms with van der Waals surface area (Å²) in [5.74, 6) is 0.532. The van der Waals surface area contributed by atoms with Crippen molar-refractivity contribution in [1.82, 2.24) is 4.98 Å². The molecule has 0 aliphatic carbocycles. The van der Waals surface area contributed by atoms with Gasteiger partial charge in [-0.3, -0.25) is 4.98 Å². The van der Waals surface area contributed by atoms with E-state index < -0.39 is 0 Å². The smallest absolute Gasteiger partial charge is 0.0730 e. The Morgan fingerprint density at radius 2 is 2.14 bits per heavy atom. The van der Waals surface area contributed by atoms with E-state index in [-0.39, 0.29) is 5.92 Å². The van der Waals surface area contributed by atoms with Gasteiger partial charge in [-0.1, -0.05) is 19.9 Å². The molecule has 0 saturated carbocycles. The maximum Gasteiger partial charge on any atom is 0.0730 e. The average Bonchev–Trinajstić information content (AvgIpc) is 2.15. The first-order chi connectivity index (χ1) is 6.63. The fourth-order valence-corrected chi connectivity index (χ4v) is 1.42. The molecule has 1 rings (SSSR count). The van der Waals surface area contributed by atoms with Gasteiger partial charge in [0.15, 0.2) is 0 Å². The molecule has 1 aromatic rings. The minimum atomic E-state index is -0.0110. The molecule has 1 heterocycles. The van der Waals surface area contributed by atoms with Gasteiger partial charge in [0.1, 0.15) is 0 Å². The molecule has 0 radical (unpaired) electrons. The zero-order chi connectivity index (χ0) is 10.6. The van der Waals surface area contributed by atoms with E-state index in [1.165, 1.54) is 0 Å². The van der Waals surface area contributed by atoms with E-state index in [0.717, 1.165) is 17.7 Å². The molecular weight excluding hydrogens is 172 g/mol. The minimum Gasteiger partial charge on any atom is -0.261 e. The van der Waals surface area contributed by atoms with Crippen LogP contribution >= 0.6 is 0 Å². The summed E-state index contributed by atoms with van der Waals surface area (Å²) in [6, 6.07) is 6.29. The Hall–Kier alpha value is -1.36. The van der Waals surface area contributed by atoms with Crippen molar-refractivity contribution in [2.24, 2.45) is 5.92 Å². The predicted octanol–water partition coefficient (Wildman–Crippen LogP) is 3.04. The quantitative estimate of drug-likeness (QED) is 0.731. The molecule has 74 valence electrons. The maximum atomic E-state index is 9.02. The van der Waals surface area contributed by atoms with Gasteiger partial charge in [-0.15, -0.1) is 0 Å². The van der Waals surface area contributed by atoms with Gasteiger partial charge < -0.3 is 0 Å². The standard InChI is InChI=1S/C12H16N2/c1-9(2)6-12(7-13)11-5-4-10(3)14-8-11/h4-5,8-9,12H,6H2,1-3H3/t12-/m1/s1. The molecule has 0 amide bonds. The molecule has 14 heavy (non-hydrogen) atoms. The minimum absolute atomic E-state index is 0.0110. The lowest BCUT2D eigenvalue weighted by atomic mass is 9.92. The lowest BCUT2D eigenvalue weighted by molar-refractivity contribution is 0.554. The monoisotopic (exact) mass is 188 g/mol. The van der Waals surface area contributed by atoms with Crippen LogP contribution in [0.25, 0.3) is 0 Å². The van der Waals surface area contributed by atoms with E-state index in [0.29, 0.717) is 5.92 Å². The molecule has 0 bridgehead atoms.